The molecule has 1 atom stereocenters. The molecule has 2 aliphatic heterocycles. The lowest BCUT2D eigenvalue weighted by atomic mass is 10.0. The van der Waals surface area contributed by atoms with E-state index in [9.17, 15) is 19.2 Å². The average Bonchev–Trinajstić information content (AvgIpc) is 0.962. The highest BCUT2D eigenvalue weighted by atomic mass is 35.5. The summed E-state index contributed by atoms with van der Waals surface area (Å²) in [6, 6.07) is 76.7. The summed E-state index contributed by atoms with van der Waals surface area (Å²) in [5, 5.41) is 25.2. The number of amides is 7. The SMILES string of the molecule is CN1CCC(NC(=O)Nc2nc(-c3cc(Cl)c4ncccc4c3)c(-c3ccccc3)nc2N)C1.Cc1ccc(NC(=O)Nc2nc(-c3cc(Cl)c4ncccc4c3)c(-c3ccccc3)nc2N)cc1.Cn1ccc(C(=O)Nc2nc(-c3cc(Cl)c4ncccc4c3)c(-c3ccccc3)nc2N)c1.Nc1nc(-c2ccccc2)c(-c2cc(Cl)c3ncccc3c2)nc1NC(=O)NC1CCOCC1. The molecule has 15 N–H and O–H groups in total. The Morgan fingerprint density at radius 3 is 1.00 bits per heavy atom. The molecule has 9 aromatic carbocycles. The van der Waals surface area contributed by atoms with Gasteiger partial charge in [0.05, 0.1) is 93.3 Å². The molecule has 678 valence electrons. The van der Waals surface area contributed by atoms with Crippen molar-refractivity contribution in [3.8, 4) is 90.1 Å². The van der Waals surface area contributed by atoms with Crippen LogP contribution in [0.4, 0.5) is 66.6 Å². The molecule has 34 heteroatoms. The zero-order valence-electron chi connectivity index (χ0n) is 73.4. The van der Waals surface area contributed by atoms with Crippen molar-refractivity contribution in [3.63, 3.8) is 0 Å². The van der Waals surface area contributed by atoms with E-state index in [-0.39, 0.29) is 76.6 Å². The van der Waals surface area contributed by atoms with E-state index < -0.39 is 6.03 Å². The molecular formula is C102H87Cl4N25O5. The van der Waals surface area contributed by atoms with Gasteiger partial charge in [0.15, 0.2) is 46.5 Å². The largest absolute Gasteiger partial charge is 0.381 e. The number of likely N-dealkylation sites (tertiary alicyclic amines) is 1. The standard InChI is InChI=1S/C27H21ClN6O.C25H24ClN7O.C25H23ClN6O2.C25H19ClN6O/c1-16-9-11-20(12-10-16)31-27(35)34-26-25(29)32-23(17-6-3-2-4-7-17)24(33-26)19-14-18-8-5-13-30-22(18)21(28)15-19;1-33-11-9-18(14-33)29-25(34)32-24-23(27)30-21(15-6-3-2-4-7-15)22(31-24)17-12-16-8-5-10-28-20(16)19(26)13-17;26-19-14-17(13-16-7-4-10-28-20(16)19)22-21(15-5-2-1-3-6-15)30-23(27)24(31-22)32-25(33)29-18-8-11-34-12-9-18;1-32-11-9-17(14-32)25(33)31-24-23(27)29-21(15-6-3-2-4-7-15)22(30-24)18-12-16-8-5-10-28-20(16)19(26)13-18/h2-15H,1H3,(H2,29,32)(H2,31,33,34,35);2-8,10,12-13,18H,9,11,14H2,1H3,(H2,27,30)(H2,29,31,32,34);1-7,10,13-14,18H,8-9,11-12H2,(H2,27,30)(H2,29,31,32,33);2-14H,1H3,(H2,27,29)(H,30,31,33). The van der Waals surface area contributed by atoms with E-state index in [2.05, 4.69) is 82.0 Å². The van der Waals surface area contributed by atoms with Crippen LogP contribution in [0.1, 0.15) is 35.2 Å². The first kappa shape index (κ1) is 91.7. The van der Waals surface area contributed by atoms with Crippen molar-refractivity contribution in [2.75, 3.05) is 82.9 Å². The van der Waals surface area contributed by atoms with Crippen molar-refractivity contribution in [1.29, 1.82) is 0 Å². The quantitative estimate of drug-likeness (QED) is 0.0428. The summed E-state index contributed by atoms with van der Waals surface area (Å²) in [5.74, 6) is 0.856. The number of anilines is 9. The summed E-state index contributed by atoms with van der Waals surface area (Å²) < 4.78 is 7.14. The third-order valence-corrected chi connectivity index (χ3v) is 23.4. The zero-order chi connectivity index (χ0) is 94.5. The molecule has 1 unspecified atom stereocenters. The predicted molar refractivity (Wildman–Crippen MR) is 542 cm³/mol. The molecule has 0 bridgehead atoms. The third kappa shape index (κ3) is 21.7. The molecule has 136 heavy (non-hydrogen) atoms. The minimum absolute atomic E-state index is 0.0396. The smallest absolute Gasteiger partial charge is 0.324 e. The molecule has 20 rings (SSSR count). The van der Waals surface area contributed by atoms with Gasteiger partial charge in [0.1, 0.15) is 0 Å². The minimum atomic E-state index is -0.478. The lowest BCUT2D eigenvalue weighted by Crippen LogP contribution is -2.41. The van der Waals surface area contributed by atoms with Crippen LogP contribution in [0.3, 0.4) is 0 Å². The zero-order valence-corrected chi connectivity index (χ0v) is 76.4. The molecule has 2 aliphatic rings. The number of hydrogen-bond donors (Lipinski definition) is 11. The van der Waals surface area contributed by atoms with Gasteiger partial charge in [-0.15, -0.1) is 0 Å². The van der Waals surface area contributed by atoms with Crippen LogP contribution in [0.25, 0.3) is 134 Å². The number of urea groups is 3. The molecule has 0 spiro atoms. The van der Waals surface area contributed by atoms with Gasteiger partial charge >= 0.3 is 18.1 Å². The van der Waals surface area contributed by atoms with Crippen molar-refractivity contribution in [3.05, 3.63) is 317 Å². The van der Waals surface area contributed by atoms with Gasteiger partial charge in [-0.2, -0.15) is 0 Å². The number of nitrogens with one attached hydrogen (secondary N) is 7. The maximum Gasteiger partial charge on any atom is 0.324 e. The number of carbonyl (C=O) groups excluding carboxylic acids is 4. The molecule has 0 radical (unpaired) electrons. The Hall–Kier alpha value is -16.2. The van der Waals surface area contributed by atoms with Gasteiger partial charge in [-0.3, -0.25) is 40.7 Å². The molecule has 30 nitrogen and oxygen atoms in total. The van der Waals surface area contributed by atoms with Crippen molar-refractivity contribution in [2.45, 2.75) is 38.3 Å². The topological polar surface area (TPSA) is 429 Å². The number of aryl methyl sites for hydroxylation is 2. The first-order valence-electron chi connectivity index (χ1n) is 43.1. The van der Waals surface area contributed by atoms with Crippen LogP contribution in [0.5, 0.6) is 0 Å². The predicted octanol–water partition coefficient (Wildman–Crippen LogP) is 21.0. The molecular weight excluding hydrogens is 1800 g/mol. The lowest BCUT2D eigenvalue weighted by molar-refractivity contribution is 0.0806. The van der Waals surface area contributed by atoms with Gasteiger partial charge in [0, 0.05) is 148 Å². The number of fused-ring (bicyclic) bond motifs is 4. The van der Waals surface area contributed by atoms with Crippen LogP contribution in [-0.4, -0.2) is 139 Å². The molecule has 18 aromatic rings. The molecule has 9 aromatic heterocycles. The molecule has 7 amide bonds. The molecule has 2 saturated heterocycles. The Kier molecular flexibility index (Phi) is 28.1. The van der Waals surface area contributed by atoms with E-state index in [1.54, 1.807) is 66.0 Å². The van der Waals surface area contributed by atoms with E-state index in [1.807, 2.05) is 245 Å². The highest BCUT2D eigenvalue weighted by Crippen LogP contribution is 2.42. The van der Waals surface area contributed by atoms with E-state index in [1.165, 1.54) is 0 Å². The van der Waals surface area contributed by atoms with Crippen LogP contribution in [0.15, 0.2) is 286 Å². The van der Waals surface area contributed by atoms with Crippen molar-refractivity contribution >= 4 is 166 Å². The summed E-state index contributed by atoms with van der Waals surface area (Å²) in [6.07, 6.45) is 12.7. The number of aromatic nitrogens is 13. The summed E-state index contributed by atoms with van der Waals surface area (Å²) in [7, 11) is 3.87. The number of ether oxygens (including phenoxy) is 1. The number of benzene rings is 9. The number of nitrogen functional groups attached to an aromatic ring is 4. The number of nitrogens with two attached hydrogens (primary N) is 4. The lowest BCUT2D eigenvalue weighted by Gasteiger charge is -2.23. The number of nitrogens with zero attached hydrogens (tertiary/aromatic N) is 14. The molecule has 0 saturated carbocycles. The first-order valence-corrected chi connectivity index (χ1v) is 44.6. The summed E-state index contributed by atoms with van der Waals surface area (Å²) in [4.78, 5) is 108. The van der Waals surface area contributed by atoms with Gasteiger partial charge in [0.25, 0.3) is 5.91 Å². The number of halogens is 4. The second-order valence-corrected chi connectivity index (χ2v) is 33.6. The second-order valence-electron chi connectivity index (χ2n) is 32.0. The third-order valence-electron chi connectivity index (χ3n) is 22.2. The van der Waals surface area contributed by atoms with Crippen molar-refractivity contribution in [2.24, 2.45) is 7.05 Å². The maximum absolute atomic E-state index is 12.7. The number of rotatable bonds is 16. The Bertz CT molecular complexity index is 7310. The number of pyridine rings is 4. The van der Waals surface area contributed by atoms with E-state index in [4.69, 9.17) is 94.0 Å². The van der Waals surface area contributed by atoms with Crippen LogP contribution < -0.4 is 60.2 Å². The van der Waals surface area contributed by atoms with Crippen LogP contribution in [0.2, 0.25) is 20.1 Å². The molecule has 2 fully saturated rings. The van der Waals surface area contributed by atoms with E-state index in [0.717, 1.165) is 104 Å². The number of carbonyl (C=O) groups is 4. The van der Waals surface area contributed by atoms with Crippen LogP contribution in [-0.2, 0) is 11.8 Å². The normalized spacial score (nSPS) is 13.0. The highest BCUT2D eigenvalue weighted by Gasteiger charge is 2.28. The molecule has 11 heterocycles. The minimum Gasteiger partial charge on any atom is -0.381 e. The Labute approximate surface area is 800 Å². The fraction of sp³-hybridized carbons (Fsp3) is 0.118. The van der Waals surface area contributed by atoms with E-state index >= 15 is 0 Å². The van der Waals surface area contributed by atoms with Gasteiger partial charge in [-0.25, -0.2) is 54.3 Å². The fourth-order valence-electron chi connectivity index (χ4n) is 15.6. The van der Waals surface area contributed by atoms with Gasteiger partial charge in [-0.05, 0) is 131 Å². The monoisotopic (exact) mass is 1880 g/mol. The fourth-order valence-corrected chi connectivity index (χ4v) is 16.7. The maximum atomic E-state index is 12.7. The number of likely N-dealkylation sites (N-methyl/N-ethyl adjacent to an activating group) is 1. The second kappa shape index (κ2) is 41.7. The van der Waals surface area contributed by atoms with Crippen molar-refractivity contribution in [1.82, 2.24) is 79.9 Å². The number of hydrogen-bond acceptors (Lipinski definition) is 22. The Morgan fingerprint density at radius 1 is 0.353 bits per heavy atom. The van der Waals surface area contributed by atoms with Gasteiger partial charge in [-0.1, -0.05) is 210 Å². The van der Waals surface area contributed by atoms with Crippen molar-refractivity contribution < 1.29 is 23.9 Å². The first-order chi connectivity index (χ1) is 66.0. The summed E-state index contributed by atoms with van der Waals surface area (Å²) >= 11 is 26.2. The summed E-state index contributed by atoms with van der Waals surface area (Å²) in [6.45, 7) is 4.97. The average molecular weight is 1880 g/mol. The Balaban J connectivity index is 0.000000126. The highest BCUT2D eigenvalue weighted by molar-refractivity contribution is 6.37. The van der Waals surface area contributed by atoms with Crippen LogP contribution in [0, 0.1) is 6.92 Å². The Morgan fingerprint density at radius 2 is 0.676 bits per heavy atom. The van der Waals surface area contributed by atoms with E-state index in [0.29, 0.717) is 112 Å². The van der Waals surface area contributed by atoms with Gasteiger partial charge < -0.3 is 58.4 Å². The van der Waals surface area contributed by atoms with Crippen LogP contribution >= 0.6 is 46.4 Å². The summed E-state index contributed by atoms with van der Waals surface area (Å²) in [5.41, 5.74) is 40.8. The molecule has 0 aliphatic carbocycles. The van der Waals surface area contributed by atoms with Gasteiger partial charge in [0.2, 0.25) is 0 Å².